The van der Waals surface area contributed by atoms with Gasteiger partial charge in [-0.3, -0.25) is 4.90 Å². The van der Waals surface area contributed by atoms with Crippen molar-refractivity contribution in [2.45, 2.75) is 44.7 Å². The third-order valence-electron chi connectivity index (χ3n) is 6.04. The van der Waals surface area contributed by atoms with Gasteiger partial charge in [0, 0.05) is 12.1 Å². The van der Waals surface area contributed by atoms with Gasteiger partial charge in [0.2, 0.25) is 5.65 Å². The van der Waals surface area contributed by atoms with Crippen LogP contribution in [-0.2, 0) is 0 Å². The topological polar surface area (TPSA) is 98.2 Å². The number of nitriles is 1. The Bertz CT molecular complexity index is 1120. The van der Waals surface area contributed by atoms with Gasteiger partial charge in [-0.1, -0.05) is 0 Å². The largest absolute Gasteiger partial charge is 0.507 e. The molecule has 0 aliphatic carbocycles. The molecule has 7 nitrogen and oxygen atoms in total. The Balaban J connectivity index is 1.46. The van der Waals surface area contributed by atoms with Gasteiger partial charge in [0.1, 0.15) is 5.75 Å². The van der Waals surface area contributed by atoms with Gasteiger partial charge in [-0.25, -0.2) is 4.98 Å². The molecule has 1 aromatic carbocycles. The van der Waals surface area contributed by atoms with Crippen molar-refractivity contribution >= 4 is 17.2 Å². The van der Waals surface area contributed by atoms with Crippen molar-refractivity contribution in [3.05, 3.63) is 35.4 Å². The highest BCUT2D eigenvalue weighted by Crippen LogP contribution is 2.34. The lowest BCUT2D eigenvalue weighted by molar-refractivity contribution is 0.181. The Labute approximate surface area is 169 Å². The number of phenolic OH excluding ortho intramolecular Hbond substituents is 1. The summed E-state index contributed by atoms with van der Waals surface area (Å²) in [6, 6.07) is 10.4. The van der Waals surface area contributed by atoms with Crippen LogP contribution in [0.3, 0.4) is 0 Å². The second-order valence-corrected chi connectivity index (χ2v) is 7.99. The smallest absolute Gasteiger partial charge is 0.297 e. The van der Waals surface area contributed by atoms with Crippen LogP contribution in [-0.4, -0.2) is 45.1 Å². The second kappa shape index (κ2) is 7.05. The number of benzene rings is 1. The molecule has 2 aliphatic heterocycles. The van der Waals surface area contributed by atoms with E-state index in [1.165, 1.54) is 32.4 Å². The Morgan fingerprint density at radius 1 is 1.21 bits per heavy atom. The number of hydrogen-bond donors (Lipinski definition) is 2. The number of phenols is 1. The van der Waals surface area contributed by atoms with Crippen molar-refractivity contribution < 1.29 is 9.52 Å². The molecule has 2 aliphatic rings. The highest BCUT2D eigenvalue weighted by atomic mass is 16.4. The van der Waals surface area contributed by atoms with Gasteiger partial charge in [0.25, 0.3) is 6.01 Å². The Kier molecular flexibility index (Phi) is 4.36. The molecular formula is C22H23N5O2. The van der Waals surface area contributed by atoms with Crippen LogP contribution in [0, 0.1) is 18.3 Å². The van der Waals surface area contributed by atoms with Crippen LogP contribution in [0.15, 0.2) is 28.7 Å². The summed E-state index contributed by atoms with van der Waals surface area (Å²) >= 11 is 0. The molecule has 4 heterocycles. The average Bonchev–Trinajstić information content (AvgIpc) is 3.33. The van der Waals surface area contributed by atoms with Crippen LogP contribution in [0.5, 0.6) is 5.75 Å². The summed E-state index contributed by atoms with van der Waals surface area (Å²) in [7, 11) is 0. The maximum absolute atomic E-state index is 10.4. The number of hydrogen-bond acceptors (Lipinski definition) is 7. The lowest BCUT2D eigenvalue weighted by atomic mass is 9.97. The van der Waals surface area contributed by atoms with Crippen molar-refractivity contribution in [2.24, 2.45) is 0 Å². The van der Waals surface area contributed by atoms with Crippen molar-refractivity contribution in [1.29, 1.82) is 5.26 Å². The summed E-state index contributed by atoms with van der Waals surface area (Å²) < 4.78 is 5.89. The SMILES string of the molecule is Cc1cc(O)c(-c2ccc3oc(NC4CCCN5CCCC45)nc3n2)c(C#N)c1. The maximum atomic E-state index is 10.4. The normalized spacial score (nSPS) is 21.8. The molecule has 5 rings (SSSR count). The highest BCUT2D eigenvalue weighted by molar-refractivity contribution is 5.80. The van der Waals surface area contributed by atoms with Crippen molar-refractivity contribution in [3.8, 4) is 23.1 Å². The minimum Gasteiger partial charge on any atom is -0.507 e. The first-order valence-corrected chi connectivity index (χ1v) is 10.1. The van der Waals surface area contributed by atoms with E-state index in [4.69, 9.17) is 4.42 Å². The van der Waals surface area contributed by atoms with Gasteiger partial charge in [0.15, 0.2) is 5.58 Å². The number of piperidine rings is 1. The molecule has 0 radical (unpaired) electrons. The van der Waals surface area contributed by atoms with E-state index in [1.807, 2.05) is 6.92 Å². The quantitative estimate of drug-likeness (QED) is 0.703. The molecule has 29 heavy (non-hydrogen) atoms. The third kappa shape index (κ3) is 3.19. The molecule has 0 amide bonds. The summed E-state index contributed by atoms with van der Waals surface area (Å²) in [6.07, 6.45) is 4.76. The molecule has 148 valence electrons. The van der Waals surface area contributed by atoms with Crippen LogP contribution in [0.4, 0.5) is 6.01 Å². The third-order valence-corrected chi connectivity index (χ3v) is 6.04. The Morgan fingerprint density at radius 2 is 2.03 bits per heavy atom. The summed E-state index contributed by atoms with van der Waals surface area (Å²) in [6.45, 7) is 4.21. The Hall–Kier alpha value is -3.11. The van der Waals surface area contributed by atoms with E-state index in [9.17, 15) is 10.4 Å². The molecule has 2 unspecified atom stereocenters. The number of rotatable bonds is 3. The van der Waals surface area contributed by atoms with E-state index >= 15 is 0 Å². The lowest BCUT2D eigenvalue weighted by Crippen LogP contribution is -2.47. The van der Waals surface area contributed by atoms with E-state index in [0.29, 0.717) is 46.1 Å². The zero-order valence-electron chi connectivity index (χ0n) is 16.4. The molecule has 2 atom stereocenters. The number of anilines is 1. The number of aromatic nitrogens is 2. The van der Waals surface area contributed by atoms with Crippen molar-refractivity contribution in [3.63, 3.8) is 0 Å². The fourth-order valence-electron chi connectivity index (χ4n) is 4.76. The van der Waals surface area contributed by atoms with Crippen LogP contribution in [0.1, 0.15) is 36.8 Å². The monoisotopic (exact) mass is 389 g/mol. The molecule has 3 aromatic rings. The predicted octanol–water partition coefficient (Wildman–Crippen LogP) is 3.81. The first kappa shape index (κ1) is 18.0. The second-order valence-electron chi connectivity index (χ2n) is 7.99. The summed E-state index contributed by atoms with van der Waals surface area (Å²) in [5, 5.41) is 23.3. The lowest BCUT2D eigenvalue weighted by Gasteiger charge is -2.36. The fourth-order valence-corrected chi connectivity index (χ4v) is 4.76. The molecule has 0 bridgehead atoms. The van der Waals surface area contributed by atoms with Gasteiger partial charge >= 0.3 is 0 Å². The standard InChI is InChI=1S/C22H23N5O2/c1-13-10-14(12-23)20(18(28)11-13)16-6-7-19-21(24-16)26-22(29-19)25-15-4-2-8-27-9-3-5-17(15)27/h6-7,10-11,15,17,28H,2-5,8-9H2,1H3,(H,24,25,26). The van der Waals surface area contributed by atoms with Gasteiger partial charge in [-0.05, 0) is 75.5 Å². The van der Waals surface area contributed by atoms with Crippen LogP contribution in [0.2, 0.25) is 0 Å². The molecule has 0 saturated carbocycles. The molecule has 2 fully saturated rings. The molecule has 7 heteroatoms. The molecule has 2 aromatic heterocycles. The molecular weight excluding hydrogens is 366 g/mol. The summed E-state index contributed by atoms with van der Waals surface area (Å²) in [4.78, 5) is 11.7. The summed E-state index contributed by atoms with van der Waals surface area (Å²) in [5.74, 6) is 0.0405. The first-order valence-electron chi connectivity index (χ1n) is 10.1. The van der Waals surface area contributed by atoms with Crippen LogP contribution in [0.25, 0.3) is 22.5 Å². The predicted molar refractivity (Wildman–Crippen MR) is 110 cm³/mol. The minimum absolute atomic E-state index is 0.0405. The van der Waals surface area contributed by atoms with E-state index in [-0.39, 0.29) is 5.75 Å². The zero-order valence-corrected chi connectivity index (χ0v) is 16.4. The Morgan fingerprint density at radius 3 is 2.86 bits per heavy atom. The highest BCUT2D eigenvalue weighted by Gasteiger charge is 2.35. The number of aryl methyl sites for hydroxylation is 1. The van der Waals surface area contributed by atoms with Gasteiger partial charge in [-0.15, -0.1) is 0 Å². The van der Waals surface area contributed by atoms with E-state index in [2.05, 4.69) is 26.3 Å². The molecule has 2 saturated heterocycles. The summed E-state index contributed by atoms with van der Waals surface area (Å²) in [5.41, 5.74) is 3.19. The van der Waals surface area contributed by atoms with Gasteiger partial charge in [-0.2, -0.15) is 10.2 Å². The average molecular weight is 389 g/mol. The van der Waals surface area contributed by atoms with Crippen molar-refractivity contribution in [1.82, 2.24) is 14.9 Å². The van der Waals surface area contributed by atoms with Gasteiger partial charge in [0.05, 0.1) is 22.9 Å². The zero-order chi connectivity index (χ0) is 20.0. The number of aromatic hydroxyl groups is 1. The minimum atomic E-state index is 0.0405. The first-order chi connectivity index (χ1) is 14.1. The van der Waals surface area contributed by atoms with E-state index in [1.54, 1.807) is 24.3 Å². The van der Waals surface area contributed by atoms with Crippen molar-refractivity contribution in [2.75, 3.05) is 18.4 Å². The van der Waals surface area contributed by atoms with Gasteiger partial charge < -0.3 is 14.8 Å². The number of pyridine rings is 1. The number of nitrogens with zero attached hydrogens (tertiary/aromatic N) is 4. The van der Waals surface area contributed by atoms with Crippen LogP contribution >= 0.6 is 0 Å². The van der Waals surface area contributed by atoms with E-state index < -0.39 is 0 Å². The number of oxazole rings is 1. The number of nitrogens with one attached hydrogen (secondary N) is 1. The van der Waals surface area contributed by atoms with Crippen LogP contribution < -0.4 is 5.32 Å². The number of fused-ring (bicyclic) bond motifs is 2. The molecule has 0 spiro atoms. The fraction of sp³-hybridized carbons (Fsp3) is 0.409. The van der Waals surface area contributed by atoms with E-state index in [0.717, 1.165) is 12.0 Å². The maximum Gasteiger partial charge on any atom is 0.297 e. The molecule has 2 N–H and O–H groups in total.